The minimum absolute atomic E-state index is 0.0390. The number of hydrogen-bond acceptors (Lipinski definition) is 3. The lowest BCUT2D eigenvalue weighted by Crippen LogP contribution is -2.09. The molecule has 14 heavy (non-hydrogen) atoms. The number of imidazole rings is 1. The molecular formula is C10H15N3S. The summed E-state index contributed by atoms with van der Waals surface area (Å²) in [5.74, 6) is 0.510. The minimum atomic E-state index is 0.0390. The Balaban J connectivity index is 2.67. The van der Waals surface area contributed by atoms with E-state index in [9.17, 15) is 0 Å². The standard InChI is InChI=1S/C10H15N3S/c1-6(2)9-5-14-10-12-4-8(7(3)11)13(9)10/h4-7H,11H2,1-3H3. The first-order chi connectivity index (χ1) is 6.61. The van der Waals surface area contributed by atoms with Gasteiger partial charge in [0.1, 0.15) is 0 Å². The summed E-state index contributed by atoms with van der Waals surface area (Å²) in [5.41, 5.74) is 8.30. The quantitative estimate of drug-likeness (QED) is 0.826. The van der Waals surface area contributed by atoms with Gasteiger partial charge in [0.05, 0.1) is 11.9 Å². The van der Waals surface area contributed by atoms with Crippen LogP contribution in [0.25, 0.3) is 4.96 Å². The van der Waals surface area contributed by atoms with Crippen molar-refractivity contribution in [3.05, 3.63) is 23.0 Å². The minimum Gasteiger partial charge on any atom is -0.323 e. The molecule has 0 aliphatic carbocycles. The van der Waals surface area contributed by atoms with Crippen molar-refractivity contribution in [1.82, 2.24) is 9.38 Å². The van der Waals surface area contributed by atoms with Crippen LogP contribution in [0, 0.1) is 0 Å². The number of nitrogens with zero attached hydrogens (tertiary/aromatic N) is 2. The average Bonchev–Trinajstić information content (AvgIpc) is 2.59. The summed E-state index contributed by atoms with van der Waals surface area (Å²) >= 11 is 1.68. The maximum Gasteiger partial charge on any atom is 0.194 e. The van der Waals surface area contributed by atoms with Gasteiger partial charge in [-0.05, 0) is 12.8 Å². The zero-order chi connectivity index (χ0) is 10.3. The molecule has 1 unspecified atom stereocenters. The van der Waals surface area contributed by atoms with E-state index in [1.807, 2.05) is 13.1 Å². The molecule has 0 fully saturated rings. The Morgan fingerprint density at radius 3 is 2.64 bits per heavy atom. The van der Waals surface area contributed by atoms with Gasteiger partial charge >= 0.3 is 0 Å². The van der Waals surface area contributed by atoms with Crippen molar-refractivity contribution in [3.8, 4) is 0 Å². The third-order valence-corrected chi connectivity index (χ3v) is 3.22. The molecule has 2 rings (SSSR count). The van der Waals surface area contributed by atoms with Crippen molar-refractivity contribution >= 4 is 16.3 Å². The Morgan fingerprint density at radius 1 is 1.36 bits per heavy atom. The molecule has 3 nitrogen and oxygen atoms in total. The lowest BCUT2D eigenvalue weighted by Gasteiger charge is -2.08. The van der Waals surface area contributed by atoms with Crippen LogP contribution >= 0.6 is 11.3 Å². The first-order valence-electron chi connectivity index (χ1n) is 4.81. The Labute approximate surface area is 87.6 Å². The van der Waals surface area contributed by atoms with E-state index in [4.69, 9.17) is 5.73 Å². The van der Waals surface area contributed by atoms with Crippen LogP contribution in [0.15, 0.2) is 11.6 Å². The third-order valence-electron chi connectivity index (χ3n) is 2.36. The molecule has 0 aliphatic heterocycles. The second-order valence-corrected chi connectivity index (χ2v) is 4.74. The highest BCUT2D eigenvalue weighted by molar-refractivity contribution is 7.15. The summed E-state index contributed by atoms with van der Waals surface area (Å²) < 4.78 is 2.18. The van der Waals surface area contributed by atoms with Crippen molar-refractivity contribution in [2.24, 2.45) is 5.73 Å². The van der Waals surface area contributed by atoms with Crippen molar-refractivity contribution in [1.29, 1.82) is 0 Å². The summed E-state index contributed by atoms with van der Waals surface area (Å²) in [6.45, 7) is 6.37. The maximum absolute atomic E-state index is 5.90. The Morgan fingerprint density at radius 2 is 2.07 bits per heavy atom. The number of fused-ring (bicyclic) bond motifs is 1. The zero-order valence-electron chi connectivity index (χ0n) is 8.69. The molecule has 2 aromatic rings. The molecule has 0 aromatic carbocycles. The molecule has 0 spiro atoms. The van der Waals surface area contributed by atoms with Gasteiger partial charge in [0.2, 0.25) is 0 Å². The molecule has 2 aromatic heterocycles. The van der Waals surface area contributed by atoms with Crippen LogP contribution in [0.5, 0.6) is 0 Å². The molecule has 0 saturated heterocycles. The summed E-state index contributed by atoms with van der Waals surface area (Å²) in [4.78, 5) is 5.39. The van der Waals surface area contributed by atoms with Crippen LogP contribution in [0.4, 0.5) is 0 Å². The van der Waals surface area contributed by atoms with Gasteiger partial charge in [-0.3, -0.25) is 4.40 Å². The average molecular weight is 209 g/mol. The fraction of sp³-hybridized carbons (Fsp3) is 0.500. The van der Waals surface area contributed by atoms with Gasteiger partial charge in [-0.15, -0.1) is 11.3 Å². The van der Waals surface area contributed by atoms with Crippen molar-refractivity contribution in [3.63, 3.8) is 0 Å². The molecular weight excluding hydrogens is 194 g/mol. The van der Waals surface area contributed by atoms with Crippen LogP contribution < -0.4 is 5.73 Å². The van der Waals surface area contributed by atoms with E-state index in [1.165, 1.54) is 5.69 Å². The Kier molecular flexibility index (Phi) is 2.33. The van der Waals surface area contributed by atoms with Gasteiger partial charge in [0.25, 0.3) is 0 Å². The van der Waals surface area contributed by atoms with Gasteiger partial charge in [-0.25, -0.2) is 4.98 Å². The number of aromatic nitrogens is 2. The lowest BCUT2D eigenvalue weighted by molar-refractivity contribution is 0.731. The van der Waals surface area contributed by atoms with Crippen LogP contribution in [0.2, 0.25) is 0 Å². The highest BCUT2D eigenvalue weighted by Gasteiger charge is 2.14. The smallest absolute Gasteiger partial charge is 0.194 e. The molecule has 0 saturated carbocycles. The number of rotatable bonds is 2. The SMILES string of the molecule is CC(C)c1csc2ncc(C(C)N)n12. The lowest BCUT2D eigenvalue weighted by atomic mass is 10.1. The monoisotopic (exact) mass is 209 g/mol. The van der Waals surface area contributed by atoms with Crippen LogP contribution in [0.3, 0.4) is 0 Å². The van der Waals surface area contributed by atoms with E-state index in [1.54, 1.807) is 11.3 Å². The molecule has 2 heterocycles. The second-order valence-electron chi connectivity index (χ2n) is 3.90. The molecule has 0 amide bonds. The van der Waals surface area contributed by atoms with E-state index in [-0.39, 0.29) is 6.04 Å². The van der Waals surface area contributed by atoms with Gasteiger partial charge < -0.3 is 5.73 Å². The Bertz CT molecular complexity index is 402. The molecule has 0 bridgehead atoms. The van der Waals surface area contributed by atoms with Crippen LogP contribution in [-0.2, 0) is 0 Å². The summed E-state index contributed by atoms with van der Waals surface area (Å²) in [5, 5.41) is 2.17. The molecule has 2 N–H and O–H groups in total. The third kappa shape index (κ3) is 1.35. The predicted octanol–water partition coefficient (Wildman–Crippen LogP) is 2.54. The molecule has 0 aliphatic rings. The largest absolute Gasteiger partial charge is 0.323 e. The summed E-state index contributed by atoms with van der Waals surface area (Å²) in [7, 11) is 0. The molecule has 0 radical (unpaired) electrons. The van der Waals surface area contributed by atoms with E-state index in [2.05, 4.69) is 28.6 Å². The van der Waals surface area contributed by atoms with E-state index in [0.717, 1.165) is 10.7 Å². The normalized spacial score (nSPS) is 14.1. The predicted molar refractivity (Wildman–Crippen MR) is 59.8 cm³/mol. The second kappa shape index (κ2) is 3.37. The fourth-order valence-electron chi connectivity index (χ4n) is 1.57. The topological polar surface area (TPSA) is 43.3 Å². The summed E-state index contributed by atoms with van der Waals surface area (Å²) in [6, 6.07) is 0.0390. The van der Waals surface area contributed by atoms with Crippen molar-refractivity contribution in [2.75, 3.05) is 0 Å². The maximum atomic E-state index is 5.90. The van der Waals surface area contributed by atoms with Crippen LogP contribution in [-0.4, -0.2) is 9.38 Å². The van der Waals surface area contributed by atoms with Crippen molar-refractivity contribution in [2.45, 2.75) is 32.7 Å². The van der Waals surface area contributed by atoms with Gasteiger partial charge in [-0.1, -0.05) is 13.8 Å². The van der Waals surface area contributed by atoms with E-state index < -0.39 is 0 Å². The number of nitrogens with two attached hydrogens (primary N) is 1. The van der Waals surface area contributed by atoms with Gasteiger partial charge in [-0.2, -0.15) is 0 Å². The van der Waals surface area contributed by atoms with E-state index in [0.29, 0.717) is 5.92 Å². The first kappa shape index (κ1) is 9.68. The highest BCUT2D eigenvalue weighted by Crippen LogP contribution is 2.25. The first-order valence-corrected chi connectivity index (χ1v) is 5.69. The highest BCUT2D eigenvalue weighted by atomic mass is 32.1. The number of hydrogen-bond donors (Lipinski definition) is 1. The zero-order valence-corrected chi connectivity index (χ0v) is 9.51. The molecule has 76 valence electrons. The number of thiazole rings is 1. The Hall–Kier alpha value is -0.870. The molecule has 4 heteroatoms. The van der Waals surface area contributed by atoms with Crippen molar-refractivity contribution < 1.29 is 0 Å². The van der Waals surface area contributed by atoms with Gasteiger partial charge in [0, 0.05) is 17.1 Å². The van der Waals surface area contributed by atoms with E-state index >= 15 is 0 Å². The van der Waals surface area contributed by atoms with Crippen LogP contribution in [0.1, 0.15) is 44.1 Å². The van der Waals surface area contributed by atoms with Gasteiger partial charge in [0.15, 0.2) is 4.96 Å². The fourth-order valence-corrected chi connectivity index (χ4v) is 2.60. The molecule has 1 atom stereocenters. The summed E-state index contributed by atoms with van der Waals surface area (Å²) in [6.07, 6.45) is 1.88.